The predicted molar refractivity (Wildman–Crippen MR) is 120 cm³/mol. The van der Waals surface area contributed by atoms with Crippen LogP contribution in [-0.2, 0) is 17.5 Å². The second kappa shape index (κ2) is 8.75. The molecule has 7 nitrogen and oxygen atoms in total. The fourth-order valence-electron chi connectivity index (χ4n) is 4.59. The lowest BCUT2D eigenvalue weighted by Crippen LogP contribution is -2.25. The highest BCUT2D eigenvalue weighted by Gasteiger charge is 2.33. The first kappa shape index (κ1) is 22.4. The van der Waals surface area contributed by atoms with Crippen LogP contribution < -0.4 is 5.32 Å². The van der Waals surface area contributed by atoms with Gasteiger partial charge in [-0.05, 0) is 43.5 Å². The van der Waals surface area contributed by atoms with Crippen LogP contribution in [0.2, 0.25) is 0 Å². The molecular weight excluding hydrogens is 445 g/mol. The highest BCUT2D eigenvalue weighted by molar-refractivity contribution is 5.44. The molecule has 178 valence electrons. The number of anilines is 1. The van der Waals surface area contributed by atoms with Crippen LogP contribution in [-0.4, -0.2) is 37.5 Å². The SMILES string of the molecule is COC1C=C(Nc2nc3n(n2)CCCC3c2cccc(C(F)(F)F)c2)C=CC1n1cnc(C)c1. The van der Waals surface area contributed by atoms with Gasteiger partial charge in [-0.1, -0.05) is 24.3 Å². The lowest BCUT2D eigenvalue weighted by Gasteiger charge is -2.26. The van der Waals surface area contributed by atoms with Gasteiger partial charge in [0.15, 0.2) is 0 Å². The third kappa shape index (κ3) is 4.37. The predicted octanol–water partition coefficient (Wildman–Crippen LogP) is 4.85. The van der Waals surface area contributed by atoms with Gasteiger partial charge >= 0.3 is 6.18 Å². The Labute approximate surface area is 195 Å². The van der Waals surface area contributed by atoms with Gasteiger partial charge in [-0.2, -0.15) is 18.2 Å². The van der Waals surface area contributed by atoms with Gasteiger partial charge in [0.1, 0.15) is 11.9 Å². The van der Waals surface area contributed by atoms with Gasteiger partial charge in [0.05, 0.1) is 23.6 Å². The first-order valence-electron chi connectivity index (χ1n) is 11.1. The van der Waals surface area contributed by atoms with Gasteiger partial charge in [-0.25, -0.2) is 9.67 Å². The van der Waals surface area contributed by atoms with Gasteiger partial charge in [0.25, 0.3) is 0 Å². The number of hydrogen-bond acceptors (Lipinski definition) is 5. The fourth-order valence-corrected chi connectivity index (χ4v) is 4.59. The molecule has 0 saturated heterocycles. The van der Waals surface area contributed by atoms with E-state index in [4.69, 9.17) is 4.74 Å². The number of allylic oxidation sites excluding steroid dienone is 1. The van der Waals surface area contributed by atoms with Crippen LogP contribution >= 0.6 is 0 Å². The number of ether oxygens (including phenoxy) is 1. The molecule has 10 heteroatoms. The van der Waals surface area contributed by atoms with Crippen molar-refractivity contribution in [2.75, 3.05) is 12.4 Å². The van der Waals surface area contributed by atoms with Gasteiger partial charge in [0.2, 0.25) is 5.95 Å². The number of imidazole rings is 1. The van der Waals surface area contributed by atoms with E-state index in [0.717, 1.165) is 30.3 Å². The molecule has 0 spiro atoms. The van der Waals surface area contributed by atoms with Crippen LogP contribution in [0.15, 0.2) is 60.7 Å². The quantitative estimate of drug-likeness (QED) is 0.577. The van der Waals surface area contributed by atoms with Crippen LogP contribution in [0, 0.1) is 6.92 Å². The molecule has 0 fully saturated rings. The van der Waals surface area contributed by atoms with Crippen molar-refractivity contribution < 1.29 is 17.9 Å². The minimum atomic E-state index is -4.38. The maximum absolute atomic E-state index is 13.2. The molecule has 3 aromatic rings. The van der Waals surface area contributed by atoms with Crippen molar-refractivity contribution in [1.82, 2.24) is 24.3 Å². The molecule has 3 unspecified atom stereocenters. The van der Waals surface area contributed by atoms with E-state index in [2.05, 4.69) is 20.4 Å². The molecule has 5 rings (SSSR count). The highest BCUT2D eigenvalue weighted by atomic mass is 19.4. The number of alkyl halides is 3. The van der Waals surface area contributed by atoms with Crippen LogP contribution in [0.25, 0.3) is 0 Å². The summed E-state index contributed by atoms with van der Waals surface area (Å²) in [5.41, 5.74) is 1.67. The number of benzene rings is 1. The number of halogens is 3. The first-order valence-corrected chi connectivity index (χ1v) is 11.1. The van der Waals surface area contributed by atoms with E-state index in [1.807, 2.05) is 35.9 Å². The minimum Gasteiger partial charge on any atom is -0.375 e. The smallest absolute Gasteiger partial charge is 0.375 e. The van der Waals surface area contributed by atoms with Gasteiger partial charge in [-0.15, -0.1) is 5.10 Å². The van der Waals surface area contributed by atoms with E-state index in [1.54, 1.807) is 24.2 Å². The van der Waals surface area contributed by atoms with E-state index in [0.29, 0.717) is 23.9 Å². The summed E-state index contributed by atoms with van der Waals surface area (Å²) in [7, 11) is 1.65. The zero-order valence-corrected chi connectivity index (χ0v) is 18.8. The average Bonchev–Trinajstić information content (AvgIpc) is 3.44. The Bertz CT molecular complexity index is 1240. The molecule has 0 bridgehead atoms. The third-order valence-corrected chi connectivity index (χ3v) is 6.25. The number of aryl methyl sites for hydroxylation is 2. The fraction of sp³-hybridized carbons (Fsp3) is 0.375. The summed E-state index contributed by atoms with van der Waals surface area (Å²) in [6.45, 7) is 2.61. The van der Waals surface area contributed by atoms with Gasteiger partial charge in [-0.3, -0.25) is 0 Å². The molecule has 3 heterocycles. The number of hydrogen-bond donors (Lipinski definition) is 1. The lowest BCUT2D eigenvalue weighted by molar-refractivity contribution is -0.137. The summed E-state index contributed by atoms with van der Waals surface area (Å²) in [4.78, 5) is 8.94. The molecule has 3 atom stereocenters. The van der Waals surface area contributed by atoms with E-state index < -0.39 is 11.7 Å². The Kier molecular flexibility index (Phi) is 5.76. The zero-order valence-electron chi connectivity index (χ0n) is 18.8. The molecule has 1 aromatic carbocycles. The summed E-state index contributed by atoms with van der Waals surface area (Å²) in [6.07, 6.45) is 6.63. The monoisotopic (exact) mass is 470 g/mol. The number of methoxy groups -OCH3 is 1. The van der Waals surface area contributed by atoms with Crippen molar-refractivity contribution in [3.05, 3.63) is 83.4 Å². The molecule has 1 aliphatic carbocycles. The Morgan fingerprint density at radius 1 is 1.24 bits per heavy atom. The van der Waals surface area contributed by atoms with Crippen molar-refractivity contribution >= 4 is 5.95 Å². The van der Waals surface area contributed by atoms with Crippen molar-refractivity contribution in [2.24, 2.45) is 0 Å². The standard InChI is InChI=1S/C24H25F3N6O/c1-15-13-32(14-28-15)20-9-8-18(12-21(20)34-2)29-23-30-22-19(7-4-10-33(22)31-23)16-5-3-6-17(11-16)24(25,26)27/h3,5-6,8-9,11-14,19-21H,4,7,10H2,1-2H3,(H,29,31). The summed E-state index contributed by atoms with van der Waals surface area (Å²) < 4.78 is 49.1. The molecule has 34 heavy (non-hydrogen) atoms. The topological polar surface area (TPSA) is 69.8 Å². The van der Waals surface area contributed by atoms with Crippen LogP contribution in [0.4, 0.5) is 19.1 Å². The molecule has 0 amide bonds. The number of fused-ring (bicyclic) bond motifs is 1. The molecule has 2 aromatic heterocycles. The maximum Gasteiger partial charge on any atom is 0.416 e. The molecule has 0 radical (unpaired) electrons. The van der Waals surface area contributed by atoms with Crippen molar-refractivity contribution in [3.8, 4) is 0 Å². The first-order chi connectivity index (χ1) is 16.3. The number of nitrogens with zero attached hydrogens (tertiary/aromatic N) is 5. The van der Waals surface area contributed by atoms with Crippen LogP contribution in [0.3, 0.4) is 0 Å². The maximum atomic E-state index is 13.2. The molecule has 0 saturated carbocycles. The lowest BCUT2D eigenvalue weighted by atomic mass is 9.90. The van der Waals surface area contributed by atoms with Gasteiger partial charge in [0, 0.05) is 31.5 Å². The third-order valence-electron chi connectivity index (χ3n) is 6.25. The second-order valence-corrected chi connectivity index (χ2v) is 8.59. The van der Waals surface area contributed by atoms with Crippen molar-refractivity contribution in [2.45, 2.75) is 50.6 Å². The summed E-state index contributed by atoms with van der Waals surface area (Å²) in [5, 5.41) is 7.80. The Balaban J connectivity index is 1.37. The molecular formula is C24H25F3N6O. The summed E-state index contributed by atoms with van der Waals surface area (Å²) >= 11 is 0. The Hall–Kier alpha value is -3.40. The minimum absolute atomic E-state index is 0.0230. The van der Waals surface area contributed by atoms with Gasteiger partial charge < -0.3 is 14.6 Å². The Morgan fingerprint density at radius 3 is 2.82 bits per heavy atom. The average molecular weight is 470 g/mol. The molecule has 2 aliphatic rings. The van der Waals surface area contributed by atoms with E-state index in [-0.39, 0.29) is 18.1 Å². The van der Waals surface area contributed by atoms with Crippen molar-refractivity contribution in [1.29, 1.82) is 0 Å². The number of aromatic nitrogens is 5. The zero-order chi connectivity index (χ0) is 23.9. The highest BCUT2D eigenvalue weighted by Crippen LogP contribution is 2.36. The van der Waals surface area contributed by atoms with Crippen LogP contribution in [0.5, 0.6) is 0 Å². The summed E-state index contributed by atoms with van der Waals surface area (Å²) in [5.74, 6) is 0.843. The molecule has 1 aliphatic heterocycles. The summed E-state index contributed by atoms with van der Waals surface area (Å²) in [6, 6.07) is 5.47. The Morgan fingerprint density at radius 2 is 2.09 bits per heavy atom. The van der Waals surface area contributed by atoms with Crippen LogP contribution in [0.1, 0.15) is 47.4 Å². The van der Waals surface area contributed by atoms with Crippen molar-refractivity contribution in [3.63, 3.8) is 0 Å². The number of rotatable bonds is 5. The second-order valence-electron chi connectivity index (χ2n) is 8.59. The number of nitrogens with one attached hydrogen (secondary N) is 1. The largest absolute Gasteiger partial charge is 0.416 e. The van der Waals surface area contributed by atoms with E-state index in [1.165, 1.54) is 12.1 Å². The van der Waals surface area contributed by atoms with E-state index in [9.17, 15) is 13.2 Å². The molecule has 1 N–H and O–H groups in total. The van der Waals surface area contributed by atoms with E-state index >= 15 is 0 Å². The normalized spacial score (nSPS) is 22.4.